The number of ether oxygens (including phenoxy) is 2. The van der Waals surface area contributed by atoms with Crippen molar-refractivity contribution in [3.8, 4) is 17.0 Å². The molecule has 0 fully saturated rings. The third-order valence-electron chi connectivity index (χ3n) is 4.47. The molecule has 0 radical (unpaired) electrons. The predicted molar refractivity (Wildman–Crippen MR) is 106 cm³/mol. The van der Waals surface area contributed by atoms with E-state index in [4.69, 9.17) is 9.47 Å². The molecule has 2 aromatic heterocycles. The highest BCUT2D eigenvalue weighted by molar-refractivity contribution is 5.93. The van der Waals surface area contributed by atoms with E-state index in [0.717, 1.165) is 11.8 Å². The number of methoxy groups -OCH3 is 1. The molecule has 0 aliphatic rings. The number of nitrogens with zero attached hydrogens (tertiary/aromatic N) is 4. The van der Waals surface area contributed by atoms with E-state index in [2.05, 4.69) is 15.1 Å². The van der Waals surface area contributed by atoms with Gasteiger partial charge in [0.25, 0.3) is 0 Å². The Kier molecular flexibility index (Phi) is 5.07. The molecule has 0 unspecified atom stereocenters. The fourth-order valence-corrected chi connectivity index (χ4v) is 3.03. The van der Waals surface area contributed by atoms with Gasteiger partial charge in [-0.05, 0) is 36.8 Å². The highest BCUT2D eigenvalue weighted by atomic mass is 19.1. The van der Waals surface area contributed by atoms with Crippen LogP contribution in [0.5, 0.6) is 5.75 Å². The third-order valence-corrected chi connectivity index (χ3v) is 4.47. The molecule has 8 heteroatoms. The second-order valence-electron chi connectivity index (χ2n) is 6.57. The topological polar surface area (TPSA) is 79.1 Å². The van der Waals surface area contributed by atoms with Gasteiger partial charge in [-0.25, -0.2) is 14.1 Å². The molecule has 7 nitrogen and oxygen atoms in total. The first-order valence-corrected chi connectivity index (χ1v) is 9.21. The smallest absolute Gasteiger partial charge is 0.307 e. The first-order chi connectivity index (χ1) is 14.1. The number of carbonyl (C=O) groups is 1. The number of halogens is 1. The molecule has 0 aliphatic heterocycles. The van der Waals surface area contributed by atoms with E-state index in [-0.39, 0.29) is 18.4 Å². The Morgan fingerprint density at radius 1 is 1.17 bits per heavy atom. The minimum atomic E-state index is -0.460. The van der Waals surface area contributed by atoms with Gasteiger partial charge < -0.3 is 9.47 Å². The third kappa shape index (κ3) is 3.87. The van der Waals surface area contributed by atoms with Crippen LogP contribution in [0, 0.1) is 5.82 Å². The summed E-state index contributed by atoms with van der Waals surface area (Å²) in [6.45, 7) is 1.98. The van der Waals surface area contributed by atoms with Gasteiger partial charge in [0.1, 0.15) is 0 Å². The van der Waals surface area contributed by atoms with Gasteiger partial charge in [-0.2, -0.15) is 5.10 Å². The SMILES string of the molecule is CCCC(=O)OCn1cc2cc3ncc(-c4ccc(OC)c(F)c4)nc3cc2n1. The zero-order chi connectivity index (χ0) is 20.4. The molecule has 148 valence electrons. The number of esters is 1. The van der Waals surface area contributed by atoms with E-state index >= 15 is 0 Å². The Morgan fingerprint density at radius 3 is 2.79 bits per heavy atom. The van der Waals surface area contributed by atoms with Crippen LogP contribution in [0.25, 0.3) is 33.2 Å². The lowest BCUT2D eigenvalue weighted by Crippen LogP contribution is -2.09. The van der Waals surface area contributed by atoms with Gasteiger partial charge in [0, 0.05) is 23.6 Å². The number of carbonyl (C=O) groups excluding carboxylic acids is 1. The van der Waals surface area contributed by atoms with Crippen LogP contribution in [-0.2, 0) is 16.3 Å². The van der Waals surface area contributed by atoms with Crippen LogP contribution in [0.15, 0.2) is 42.7 Å². The van der Waals surface area contributed by atoms with E-state index < -0.39 is 5.82 Å². The highest BCUT2D eigenvalue weighted by Gasteiger charge is 2.10. The first-order valence-electron chi connectivity index (χ1n) is 9.21. The van der Waals surface area contributed by atoms with E-state index in [1.807, 2.05) is 19.1 Å². The molecule has 0 atom stereocenters. The van der Waals surface area contributed by atoms with Crippen molar-refractivity contribution in [3.63, 3.8) is 0 Å². The zero-order valence-electron chi connectivity index (χ0n) is 16.1. The maximum Gasteiger partial charge on any atom is 0.307 e. The molecule has 0 aliphatic carbocycles. The lowest BCUT2D eigenvalue weighted by molar-refractivity contribution is -0.147. The molecular weight excluding hydrogens is 375 g/mol. The van der Waals surface area contributed by atoms with Gasteiger partial charge >= 0.3 is 5.97 Å². The summed E-state index contributed by atoms with van der Waals surface area (Å²) in [4.78, 5) is 20.6. The quantitative estimate of drug-likeness (QED) is 0.458. The summed E-state index contributed by atoms with van der Waals surface area (Å²) in [6, 6.07) is 8.34. The first kappa shape index (κ1) is 18.8. The van der Waals surface area contributed by atoms with Gasteiger partial charge in [-0.3, -0.25) is 9.78 Å². The summed E-state index contributed by atoms with van der Waals surface area (Å²) in [7, 11) is 1.42. The lowest BCUT2D eigenvalue weighted by atomic mass is 10.1. The van der Waals surface area contributed by atoms with Crippen molar-refractivity contribution in [1.29, 1.82) is 0 Å². The van der Waals surface area contributed by atoms with Gasteiger partial charge in [0.15, 0.2) is 18.3 Å². The highest BCUT2D eigenvalue weighted by Crippen LogP contribution is 2.26. The molecule has 0 saturated heterocycles. The Labute approximate surface area is 166 Å². The van der Waals surface area contributed by atoms with Crippen LogP contribution >= 0.6 is 0 Å². The molecular formula is C21H19FN4O3. The normalized spacial score (nSPS) is 11.1. The molecule has 29 heavy (non-hydrogen) atoms. The van der Waals surface area contributed by atoms with Crippen LogP contribution in [0.1, 0.15) is 19.8 Å². The largest absolute Gasteiger partial charge is 0.494 e. The number of hydrogen-bond acceptors (Lipinski definition) is 6. The standard InChI is InChI=1S/C21H19FN4O3/c1-3-4-21(27)29-12-26-11-14-8-17-18(9-16(14)25-26)24-19(10-23-17)13-5-6-20(28-2)15(22)7-13/h5-11H,3-4,12H2,1-2H3. The fraction of sp³-hybridized carbons (Fsp3) is 0.238. The van der Waals surface area contributed by atoms with Crippen molar-refractivity contribution in [3.05, 3.63) is 48.5 Å². The summed E-state index contributed by atoms with van der Waals surface area (Å²) < 4.78 is 25.7. The molecule has 2 aromatic carbocycles. The average Bonchev–Trinajstić information content (AvgIpc) is 3.12. The second-order valence-corrected chi connectivity index (χ2v) is 6.57. The maximum atomic E-state index is 14.0. The Bertz CT molecular complexity index is 1210. The van der Waals surface area contributed by atoms with Crippen LogP contribution < -0.4 is 4.74 Å². The molecule has 4 aromatic rings. The molecule has 4 rings (SSSR count). The van der Waals surface area contributed by atoms with Crippen molar-refractivity contribution in [1.82, 2.24) is 19.7 Å². The summed E-state index contributed by atoms with van der Waals surface area (Å²) >= 11 is 0. The van der Waals surface area contributed by atoms with E-state index in [9.17, 15) is 9.18 Å². The zero-order valence-corrected chi connectivity index (χ0v) is 16.1. The van der Waals surface area contributed by atoms with Crippen LogP contribution in [0.2, 0.25) is 0 Å². The van der Waals surface area contributed by atoms with Crippen LogP contribution in [0.4, 0.5) is 4.39 Å². The number of rotatable bonds is 6. The lowest BCUT2D eigenvalue weighted by Gasteiger charge is -2.05. The van der Waals surface area contributed by atoms with E-state index in [0.29, 0.717) is 34.2 Å². The molecule has 0 amide bonds. The molecule has 2 heterocycles. The van der Waals surface area contributed by atoms with Crippen molar-refractivity contribution in [2.75, 3.05) is 7.11 Å². The summed E-state index contributed by atoms with van der Waals surface area (Å²) in [5, 5.41) is 5.29. The minimum Gasteiger partial charge on any atom is -0.494 e. The number of aromatic nitrogens is 4. The van der Waals surface area contributed by atoms with Crippen molar-refractivity contribution in [2.45, 2.75) is 26.5 Å². The summed E-state index contributed by atoms with van der Waals surface area (Å²) in [5.41, 5.74) is 3.19. The number of hydrogen-bond donors (Lipinski definition) is 0. The van der Waals surface area contributed by atoms with Gasteiger partial charge in [-0.1, -0.05) is 6.92 Å². The summed E-state index contributed by atoms with van der Waals surface area (Å²) in [5.74, 6) is -0.537. The van der Waals surface area contributed by atoms with Gasteiger partial charge in [0.05, 0.1) is 35.6 Å². The molecule has 0 bridgehead atoms. The number of fused-ring (bicyclic) bond motifs is 2. The van der Waals surface area contributed by atoms with E-state index in [1.54, 1.807) is 29.2 Å². The predicted octanol–water partition coefficient (Wildman–Crippen LogP) is 4.10. The Balaban J connectivity index is 1.65. The Morgan fingerprint density at radius 2 is 2.03 bits per heavy atom. The van der Waals surface area contributed by atoms with Crippen molar-refractivity contribution >= 4 is 27.9 Å². The minimum absolute atomic E-state index is 0.0566. The van der Waals surface area contributed by atoms with Gasteiger partial charge in [-0.15, -0.1) is 0 Å². The van der Waals surface area contributed by atoms with Crippen molar-refractivity contribution < 1.29 is 18.7 Å². The van der Waals surface area contributed by atoms with E-state index in [1.165, 1.54) is 13.2 Å². The van der Waals surface area contributed by atoms with Crippen LogP contribution in [-0.4, -0.2) is 32.8 Å². The molecule has 0 N–H and O–H groups in total. The van der Waals surface area contributed by atoms with Gasteiger partial charge in [0.2, 0.25) is 0 Å². The van der Waals surface area contributed by atoms with Crippen LogP contribution in [0.3, 0.4) is 0 Å². The monoisotopic (exact) mass is 394 g/mol. The maximum absolute atomic E-state index is 14.0. The Hall–Kier alpha value is -3.55. The molecule has 0 spiro atoms. The average molecular weight is 394 g/mol. The second kappa shape index (κ2) is 7.83. The fourth-order valence-electron chi connectivity index (χ4n) is 3.03. The van der Waals surface area contributed by atoms with Crippen molar-refractivity contribution in [2.24, 2.45) is 0 Å². The summed E-state index contributed by atoms with van der Waals surface area (Å²) in [6.07, 6.45) is 4.52. The molecule has 0 saturated carbocycles. The number of benzene rings is 2.